The molecule has 29 heavy (non-hydrogen) atoms. The van der Waals surface area contributed by atoms with Crippen LogP contribution in [0.2, 0.25) is 0 Å². The average Bonchev–Trinajstić information content (AvgIpc) is 3.15. The third-order valence-electron chi connectivity index (χ3n) is 4.85. The van der Waals surface area contributed by atoms with Gasteiger partial charge in [0, 0.05) is 25.0 Å². The van der Waals surface area contributed by atoms with Gasteiger partial charge in [-0.3, -0.25) is 14.8 Å². The Balaban J connectivity index is 0.000000298. The topological polar surface area (TPSA) is 78.7 Å². The molecule has 6 heteroatoms. The van der Waals surface area contributed by atoms with Crippen molar-refractivity contribution in [3.05, 3.63) is 42.2 Å². The summed E-state index contributed by atoms with van der Waals surface area (Å²) < 4.78 is 0. The maximum absolute atomic E-state index is 11.4. The predicted molar refractivity (Wildman–Crippen MR) is 123 cm³/mol. The smallest absolute Gasteiger partial charge is 0.237 e. The third-order valence-corrected chi connectivity index (χ3v) is 4.85. The molecule has 2 atom stereocenters. The highest BCUT2D eigenvalue weighted by Gasteiger charge is 2.14. The molecule has 2 N–H and O–H groups in total. The van der Waals surface area contributed by atoms with Crippen molar-refractivity contribution in [1.82, 2.24) is 15.6 Å². The van der Waals surface area contributed by atoms with Crippen LogP contribution in [0.5, 0.6) is 0 Å². The SMILES string of the molecule is C=C1CCCC1=NC(=NC)c1ccccn1.CCCCC(C)NC(=O)C(C)NC. The molecular weight excluding hydrogens is 362 g/mol. The van der Waals surface area contributed by atoms with Crippen molar-refractivity contribution < 1.29 is 4.79 Å². The maximum atomic E-state index is 11.4. The second-order valence-corrected chi connectivity index (χ2v) is 7.34. The molecule has 0 spiro atoms. The van der Waals surface area contributed by atoms with Crippen LogP contribution in [0, 0.1) is 0 Å². The van der Waals surface area contributed by atoms with E-state index in [2.05, 4.69) is 46.0 Å². The summed E-state index contributed by atoms with van der Waals surface area (Å²) in [7, 11) is 3.53. The highest BCUT2D eigenvalue weighted by molar-refractivity contribution is 6.12. The fourth-order valence-corrected chi connectivity index (χ4v) is 2.85. The lowest BCUT2D eigenvalue weighted by molar-refractivity contribution is -0.123. The maximum Gasteiger partial charge on any atom is 0.237 e. The highest BCUT2D eigenvalue weighted by atomic mass is 16.2. The summed E-state index contributed by atoms with van der Waals surface area (Å²) in [5, 5.41) is 5.88. The minimum absolute atomic E-state index is 0.0890. The molecule has 0 saturated heterocycles. The number of carbonyl (C=O) groups excluding carboxylic acids is 1. The molecule has 0 bridgehead atoms. The molecule has 0 aromatic carbocycles. The van der Waals surface area contributed by atoms with E-state index in [-0.39, 0.29) is 11.9 Å². The summed E-state index contributed by atoms with van der Waals surface area (Å²) in [6, 6.07) is 5.95. The summed E-state index contributed by atoms with van der Waals surface area (Å²) >= 11 is 0. The standard InChI is InChI=1S/C13H15N3.C10H22N2O/c1-10-6-5-8-11(10)16-13(14-2)12-7-3-4-9-15-12;1-5-6-7-8(2)12-10(13)9(3)11-4/h3-4,7,9H,1,5-6,8H2,2H3;8-9,11H,5-7H2,1-4H3,(H,12,13). The third kappa shape index (κ3) is 9.13. The van der Waals surface area contributed by atoms with Gasteiger partial charge in [-0.15, -0.1) is 0 Å². The highest BCUT2D eigenvalue weighted by Crippen LogP contribution is 2.20. The number of unbranched alkanes of at least 4 members (excludes halogenated alkanes) is 1. The lowest BCUT2D eigenvalue weighted by Gasteiger charge is -2.16. The van der Waals surface area contributed by atoms with Crippen molar-refractivity contribution in [2.75, 3.05) is 14.1 Å². The van der Waals surface area contributed by atoms with Crippen LogP contribution in [0.3, 0.4) is 0 Å². The van der Waals surface area contributed by atoms with Gasteiger partial charge in [0.1, 0.15) is 5.69 Å². The van der Waals surface area contributed by atoms with E-state index in [1.807, 2.05) is 25.1 Å². The number of hydrogen-bond donors (Lipinski definition) is 2. The number of allylic oxidation sites excluding steroid dienone is 1. The zero-order chi connectivity index (χ0) is 21.6. The number of likely N-dealkylation sites (N-methyl/N-ethyl adjacent to an activating group) is 1. The quantitative estimate of drug-likeness (QED) is 0.539. The summed E-state index contributed by atoms with van der Waals surface area (Å²) in [6.45, 7) is 10.1. The Morgan fingerprint density at radius 2 is 2.07 bits per heavy atom. The molecule has 1 saturated carbocycles. The van der Waals surface area contributed by atoms with Crippen molar-refractivity contribution in [2.45, 2.75) is 71.4 Å². The van der Waals surface area contributed by atoms with Gasteiger partial charge in [0.25, 0.3) is 0 Å². The molecule has 1 aromatic heterocycles. The molecule has 2 unspecified atom stereocenters. The summed E-state index contributed by atoms with van der Waals surface area (Å²) in [6.07, 6.45) is 8.39. The predicted octanol–water partition coefficient (Wildman–Crippen LogP) is 3.93. The van der Waals surface area contributed by atoms with Crippen LogP contribution < -0.4 is 10.6 Å². The fourth-order valence-electron chi connectivity index (χ4n) is 2.85. The molecule has 2 rings (SSSR count). The average molecular weight is 400 g/mol. The van der Waals surface area contributed by atoms with Crippen molar-refractivity contribution in [1.29, 1.82) is 0 Å². The van der Waals surface area contributed by atoms with Crippen LogP contribution in [-0.4, -0.2) is 48.6 Å². The minimum atomic E-state index is -0.0934. The molecule has 1 aromatic rings. The molecule has 160 valence electrons. The van der Waals surface area contributed by atoms with E-state index in [1.165, 1.54) is 12.8 Å². The molecule has 0 radical (unpaired) electrons. The van der Waals surface area contributed by atoms with E-state index in [0.29, 0.717) is 11.9 Å². The van der Waals surface area contributed by atoms with Crippen molar-refractivity contribution in [2.24, 2.45) is 9.98 Å². The Kier molecular flexibility index (Phi) is 11.7. The molecule has 6 nitrogen and oxygen atoms in total. The van der Waals surface area contributed by atoms with Gasteiger partial charge < -0.3 is 10.6 Å². The second kappa shape index (κ2) is 13.8. The van der Waals surface area contributed by atoms with Gasteiger partial charge in [-0.2, -0.15) is 0 Å². The van der Waals surface area contributed by atoms with Gasteiger partial charge in [0.05, 0.1) is 6.04 Å². The first-order chi connectivity index (χ1) is 13.9. The molecule has 1 aliphatic carbocycles. The number of carbonyl (C=O) groups is 1. The van der Waals surface area contributed by atoms with Gasteiger partial charge in [0.2, 0.25) is 5.91 Å². The van der Waals surface area contributed by atoms with Gasteiger partial charge >= 0.3 is 0 Å². The summed E-state index contributed by atoms with van der Waals surface area (Å²) in [5.41, 5.74) is 3.03. The molecule has 1 aliphatic rings. The van der Waals surface area contributed by atoms with E-state index < -0.39 is 0 Å². The van der Waals surface area contributed by atoms with Crippen LogP contribution in [0.15, 0.2) is 46.5 Å². The monoisotopic (exact) mass is 399 g/mol. The Bertz CT molecular complexity index is 696. The van der Waals surface area contributed by atoms with E-state index >= 15 is 0 Å². The Labute approximate surface area is 176 Å². The normalized spacial score (nSPS) is 17.5. The first-order valence-electron chi connectivity index (χ1n) is 10.5. The van der Waals surface area contributed by atoms with Crippen molar-refractivity contribution in [3.63, 3.8) is 0 Å². The number of aliphatic imine (C=N–C) groups is 2. The van der Waals surface area contributed by atoms with Gasteiger partial charge in [0.15, 0.2) is 5.84 Å². The number of nitrogens with one attached hydrogen (secondary N) is 2. The zero-order valence-corrected chi connectivity index (χ0v) is 18.7. The first kappa shape index (κ1) is 24.7. The van der Waals surface area contributed by atoms with Crippen LogP contribution in [-0.2, 0) is 4.79 Å². The minimum Gasteiger partial charge on any atom is -0.352 e. The number of aromatic nitrogens is 1. The number of nitrogens with zero attached hydrogens (tertiary/aromatic N) is 3. The van der Waals surface area contributed by atoms with E-state index in [1.54, 1.807) is 20.3 Å². The van der Waals surface area contributed by atoms with Crippen LogP contribution >= 0.6 is 0 Å². The van der Waals surface area contributed by atoms with Gasteiger partial charge in [-0.1, -0.05) is 32.4 Å². The Hall–Kier alpha value is -2.34. The number of amidine groups is 1. The number of pyridine rings is 1. The van der Waals surface area contributed by atoms with Crippen LogP contribution in [0.4, 0.5) is 0 Å². The van der Waals surface area contributed by atoms with E-state index in [9.17, 15) is 4.79 Å². The van der Waals surface area contributed by atoms with E-state index in [0.717, 1.165) is 42.7 Å². The number of amides is 1. The van der Waals surface area contributed by atoms with Crippen molar-refractivity contribution in [3.8, 4) is 0 Å². The number of hydrogen-bond acceptors (Lipinski definition) is 4. The van der Waals surface area contributed by atoms with Crippen LogP contribution in [0.1, 0.15) is 65.0 Å². The largest absolute Gasteiger partial charge is 0.352 e. The molecule has 1 heterocycles. The zero-order valence-electron chi connectivity index (χ0n) is 18.7. The van der Waals surface area contributed by atoms with Crippen molar-refractivity contribution >= 4 is 17.5 Å². The van der Waals surface area contributed by atoms with E-state index in [4.69, 9.17) is 0 Å². The first-order valence-corrected chi connectivity index (χ1v) is 10.5. The number of rotatable bonds is 7. The lowest BCUT2D eigenvalue weighted by atomic mass is 10.1. The van der Waals surface area contributed by atoms with Gasteiger partial charge in [-0.25, -0.2) is 4.99 Å². The molecule has 0 aliphatic heterocycles. The lowest BCUT2D eigenvalue weighted by Crippen LogP contribution is -2.44. The molecular formula is C23H37N5O. The van der Waals surface area contributed by atoms with Gasteiger partial charge in [-0.05, 0) is 64.3 Å². The molecule has 1 amide bonds. The van der Waals surface area contributed by atoms with Crippen LogP contribution in [0.25, 0.3) is 0 Å². The Morgan fingerprint density at radius 3 is 2.59 bits per heavy atom. The Morgan fingerprint density at radius 1 is 1.31 bits per heavy atom. The second-order valence-electron chi connectivity index (χ2n) is 7.34. The summed E-state index contributed by atoms with van der Waals surface area (Å²) in [5.74, 6) is 0.782. The fraction of sp³-hybridized carbons (Fsp3) is 0.565. The summed E-state index contributed by atoms with van der Waals surface area (Å²) in [4.78, 5) is 24.4. The molecule has 1 fully saturated rings.